The summed E-state index contributed by atoms with van der Waals surface area (Å²) in [6.45, 7) is 4.46. The Kier molecular flexibility index (Phi) is 5.37. The zero-order chi connectivity index (χ0) is 12.8. The van der Waals surface area contributed by atoms with Gasteiger partial charge in [-0.2, -0.15) is 0 Å². The van der Waals surface area contributed by atoms with E-state index in [2.05, 4.69) is 38.1 Å². The van der Waals surface area contributed by atoms with Gasteiger partial charge in [0.05, 0.1) is 5.56 Å². The van der Waals surface area contributed by atoms with Crippen LogP contribution in [-0.2, 0) is 0 Å². The van der Waals surface area contributed by atoms with E-state index in [9.17, 15) is 4.79 Å². The largest absolute Gasteiger partial charge is 0.384 e. The van der Waals surface area contributed by atoms with Gasteiger partial charge < -0.3 is 16.0 Å². The number of carbonyl (C=O) groups is 1. The number of nitrogens with zero attached hydrogens (tertiary/aromatic N) is 2. The second-order valence-corrected chi connectivity index (χ2v) is 4.60. The van der Waals surface area contributed by atoms with Crippen molar-refractivity contribution in [1.29, 1.82) is 0 Å². The fraction of sp³-hybridized carbons (Fsp3) is 0.455. The number of nitrogens with one attached hydrogen (secondary N) is 1. The lowest BCUT2D eigenvalue weighted by molar-refractivity contribution is 0.0949. The predicted octanol–water partition coefficient (Wildman–Crippen LogP) is 1.11. The van der Waals surface area contributed by atoms with Crippen LogP contribution in [0.15, 0.2) is 16.7 Å². The summed E-state index contributed by atoms with van der Waals surface area (Å²) in [7, 11) is 2.01. The molecule has 1 amide bonds. The molecule has 17 heavy (non-hydrogen) atoms. The number of carbonyl (C=O) groups excluding carboxylic acids is 1. The molecule has 1 aromatic heterocycles. The summed E-state index contributed by atoms with van der Waals surface area (Å²) in [6, 6.07) is 1.56. The summed E-state index contributed by atoms with van der Waals surface area (Å²) in [4.78, 5) is 17.9. The van der Waals surface area contributed by atoms with E-state index >= 15 is 0 Å². The van der Waals surface area contributed by atoms with Crippen LogP contribution in [0, 0.1) is 0 Å². The van der Waals surface area contributed by atoms with Crippen molar-refractivity contribution >= 4 is 27.7 Å². The second-order valence-electron chi connectivity index (χ2n) is 3.74. The maximum Gasteiger partial charge on any atom is 0.252 e. The maximum absolute atomic E-state index is 11.8. The first-order chi connectivity index (χ1) is 8.04. The third-order valence-corrected chi connectivity index (χ3v) is 3.07. The number of anilines is 1. The number of amides is 1. The standard InChI is InChI=1S/C11H17BrN4O/c1-3-16(2)5-4-14-11(17)8-6-10(13)15-7-9(8)12/h6-7H,3-5H2,1-2H3,(H2,13,15)(H,14,17). The summed E-state index contributed by atoms with van der Waals surface area (Å²) in [5, 5.41) is 2.84. The molecule has 94 valence electrons. The van der Waals surface area contributed by atoms with Crippen LogP contribution in [0.5, 0.6) is 0 Å². The molecule has 5 nitrogen and oxygen atoms in total. The van der Waals surface area contributed by atoms with Crippen LogP contribution in [0.2, 0.25) is 0 Å². The highest BCUT2D eigenvalue weighted by molar-refractivity contribution is 9.10. The first-order valence-electron chi connectivity index (χ1n) is 5.42. The first-order valence-corrected chi connectivity index (χ1v) is 6.21. The van der Waals surface area contributed by atoms with Crippen LogP contribution >= 0.6 is 15.9 Å². The van der Waals surface area contributed by atoms with Gasteiger partial charge in [-0.05, 0) is 35.6 Å². The highest BCUT2D eigenvalue weighted by Crippen LogP contribution is 2.16. The van der Waals surface area contributed by atoms with Crippen LogP contribution in [0.3, 0.4) is 0 Å². The van der Waals surface area contributed by atoms with Crippen LogP contribution < -0.4 is 11.1 Å². The Labute approximate surface area is 110 Å². The second kappa shape index (κ2) is 6.56. The number of nitrogen functional groups attached to an aromatic ring is 1. The quantitative estimate of drug-likeness (QED) is 0.854. The van der Waals surface area contributed by atoms with E-state index < -0.39 is 0 Å². The van der Waals surface area contributed by atoms with Crippen molar-refractivity contribution in [2.75, 3.05) is 32.4 Å². The molecule has 3 N–H and O–H groups in total. The van der Waals surface area contributed by atoms with Gasteiger partial charge in [0.1, 0.15) is 5.82 Å². The number of halogens is 1. The molecule has 0 fully saturated rings. The molecule has 0 aliphatic heterocycles. The number of aromatic nitrogens is 1. The molecule has 0 unspecified atom stereocenters. The third kappa shape index (κ3) is 4.32. The van der Waals surface area contributed by atoms with Crippen molar-refractivity contribution in [2.24, 2.45) is 0 Å². The Balaban J connectivity index is 2.55. The van der Waals surface area contributed by atoms with Gasteiger partial charge in [-0.3, -0.25) is 4.79 Å². The highest BCUT2D eigenvalue weighted by Gasteiger charge is 2.10. The molecule has 6 heteroatoms. The molecule has 0 saturated heterocycles. The molecule has 0 bridgehead atoms. The summed E-state index contributed by atoms with van der Waals surface area (Å²) in [5.41, 5.74) is 6.05. The Bertz CT molecular complexity index is 397. The van der Waals surface area contributed by atoms with E-state index in [1.165, 1.54) is 6.20 Å². The molecule has 0 aliphatic carbocycles. The van der Waals surface area contributed by atoms with Gasteiger partial charge in [-0.1, -0.05) is 6.92 Å². The minimum atomic E-state index is -0.143. The summed E-state index contributed by atoms with van der Waals surface area (Å²) in [5.74, 6) is 0.194. The smallest absolute Gasteiger partial charge is 0.252 e. The normalized spacial score (nSPS) is 10.6. The van der Waals surface area contributed by atoms with Gasteiger partial charge in [-0.15, -0.1) is 0 Å². The van der Waals surface area contributed by atoms with E-state index in [0.717, 1.165) is 13.1 Å². The minimum absolute atomic E-state index is 0.143. The first kappa shape index (κ1) is 13.9. The molecular formula is C11H17BrN4O. The minimum Gasteiger partial charge on any atom is -0.384 e. The molecule has 0 saturated carbocycles. The van der Waals surface area contributed by atoms with Crippen molar-refractivity contribution in [3.63, 3.8) is 0 Å². The fourth-order valence-corrected chi connectivity index (χ4v) is 1.64. The van der Waals surface area contributed by atoms with E-state index in [-0.39, 0.29) is 5.91 Å². The van der Waals surface area contributed by atoms with Crippen molar-refractivity contribution < 1.29 is 4.79 Å². The molecule has 1 heterocycles. The van der Waals surface area contributed by atoms with Gasteiger partial charge in [-0.25, -0.2) is 4.98 Å². The van der Waals surface area contributed by atoms with E-state index in [1.807, 2.05) is 7.05 Å². The van der Waals surface area contributed by atoms with Gasteiger partial charge in [0.15, 0.2) is 0 Å². The predicted molar refractivity (Wildman–Crippen MR) is 71.9 cm³/mol. The lowest BCUT2D eigenvalue weighted by atomic mass is 10.2. The maximum atomic E-state index is 11.8. The van der Waals surface area contributed by atoms with Crippen LogP contribution in [0.4, 0.5) is 5.82 Å². The van der Waals surface area contributed by atoms with Crippen LogP contribution in [-0.4, -0.2) is 42.5 Å². The van der Waals surface area contributed by atoms with Crippen molar-refractivity contribution in [1.82, 2.24) is 15.2 Å². The number of rotatable bonds is 5. The Morgan fingerprint density at radius 1 is 1.65 bits per heavy atom. The molecule has 1 aromatic rings. The van der Waals surface area contributed by atoms with E-state index in [4.69, 9.17) is 5.73 Å². The highest BCUT2D eigenvalue weighted by atomic mass is 79.9. The topological polar surface area (TPSA) is 71.2 Å². The van der Waals surface area contributed by atoms with E-state index in [0.29, 0.717) is 22.4 Å². The average molecular weight is 301 g/mol. The number of hydrogen-bond donors (Lipinski definition) is 2. The van der Waals surface area contributed by atoms with Crippen molar-refractivity contribution in [2.45, 2.75) is 6.92 Å². The van der Waals surface area contributed by atoms with Crippen molar-refractivity contribution in [3.05, 3.63) is 22.3 Å². The molecule has 0 spiro atoms. The lowest BCUT2D eigenvalue weighted by Crippen LogP contribution is -2.33. The zero-order valence-corrected chi connectivity index (χ0v) is 11.6. The van der Waals surface area contributed by atoms with Gasteiger partial charge >= 0.3 is 0 Å². The number of likely N-dealkylation sites (N-methyl/N-ethyl adjacent to an activating group) is 1. The molecule has 0 radical (unpaired) electrons. The molecular weight excluding hydrogens is 284 g/mol. The number of nitrogens with two attached hydrogens (primary N) is 1. The summed E-state index contributed by atoms with van der Waals surface area (Å²) < 4.78 is 0.646. The Morgan fingerprint density at radius 2 is 2.35 bits per heavy atom. The third-order valence-electron chi connectivity index (χ3n) is 2.44. The van der Waals surface area contributed by atoms with Crippen molar-refractivity contribution in [3.8, 4) is 0 Å². The SMILES string of the molecule is CCN(C)CCNC(=O)c1cc(N)ncc1Br. The monoisotopic (exact) mass is 300 g/mol. The lowest BCUT2D eigenvalue weighted by Gasteiger charge is -2.14. The Hall–Kier alpha value is -1.14. The molecule has 0 atom stereocenters. The molecule has 1 rings (SSSR count). The van der Waals surface area contributed by atoms with E-state index in [1.54, 1.807) is 6.07 Å². The molecule has 0 aliphatic rings. The summed E-state index contributed by atoms with van der Waals surface area (Å²) >= 11 is 3.28. The summed E-state index contributed by atoms with van der Waals surface area (Å²) in [6.07, 6.45) is 1.53. The average Bonchev–Trinajstić information content (AvgIpc) is 2.31. The van der Waals surface area contributed by atoms with Crippen LogP contribution in [0.1, 0.15) is 17.3 Å². The van der Waals surface area contributed by atoms with Gasteiger partial charge in [0.25, 0.3) is 5.91 Å². The van der Waals surface area contributed by atoms with Gasteiger partial charge in [0, 0.05) is 23.8 Å². The zero-order valence-electron chi connectivity index (χ0n) is 10.0. The van der Waals surface area contributed by atoms with Crippen LogP contribution in [0.25, 0.3) is 0 Å². The number of hydrogen-bond acceptors (Lipinski definition) is 4. The molecule has 0 aromatic carbocycles. The van der Waals surface area contributed by atoms with Gasteiger partial charge in [0.2, 0.25) is 0 Å². The fourth-order valence-electron chi connectivity index (χ4n) is 1.24. The Morgan fingerprint density at radius 3 is 3.00 bits per heavy atom. The number of pyridine rings is 1.